The van der Waals surface area contributed by atoms with Crippen LogP contribution in [0.1, 0.15) is 31.7 Å². The number of hydrogen-bond acceptors (Lipinski definition) is 5. The lowest BCUT2D eigenvalue weighted by atomic mass is 10.2. The van der Waals surface area contributed by atoms with Crippen LogP contribution in [0.2, 0.25) is 0 Å². The SMILES string of the molecule is CCNc1nc(CC)nc(NC2CCSC2)c1C. The van der Waals surface area contributed by atoms with Gasteiger partial charge in [-0.2, -0.15) is 11.8 Å². The maximum absolute atomic E-state index is 4.63. The Morgan fingerprint density at radius 3 is 2.67 bits per heavy atom. The molecule has 5 heteroatoms. The Balaban J connectivity index is 2.23. The van der Waals surface area contributed by atoms with E-state index in [0.29, 0.717) is 6.04 Å². The highest BCUT2D eigenvalue weighted by molar-refractivity contribution is 7.99. The molecule has 1 aliphatic heterocycles. The molecule has 0 saturated carbocycles. The fourth-order valence-electron chi connectivity index (χ4n) is 2.04. The number of aromatic nitrogens is 2. The summed E-state index contributed by atoms with van der Waals surface area (Å²) in [5, 5.41) is 6.89. The van der Waals surface area contributed by atoms with Crippen molar-refractivity contribution in [2.24, 2.45) is 0 Å². The van der Waals surface area contributed by atoms with E-state index in [0.717, 1.165) is 36.0 Å². The third-order valence-corrected chi connectivity index (χ3v) is 4.29. The van der Waals surface area contributed by atoms with Gasteiger partial charge in [-0.3, -0.25) is 0 Å². The van der Waals surface area contributed by atoms with E-state index in [4.69, 9.17) is 0 Å². The van der Waals surface area contributed by atoms with Gasteiger partial charge in [-0.15, -0.1) is 0 Å². The van der Waals surface area contributed by atoms with Gasteiger partial charge in [0, 0.05) is 30.3 Å². The van der Waals surface area contributed by atoms with Crippen LogP contribution in [0, 0.1) is 6.92 Å². The van der Waals surface area contributed by atoms with Crippen LogP contribution in [-0.4, -0.2) is 34.1 Å². The summed E-state index contributed by atoms with van der Waals surface area (Å²) in [7, 11) is 0. The Labute approximate surface area is 113 Å². The molecule has 2 rings (SSSR count). The van der Waals surface area contributed by atoms with E-state index in [1.54, 1.807) is 0 Å². The van der Waals surface area contributed by atoms with Gasteiger partial charge in [0.2, 0.25) is 0 Å². The third kappa shape index (κ3) is 3.07. The number of rotatable bonds is 5. The van der Waals surface area contributed by atoms with Gasteiger partial charge in [-0.1, -0.05) is 6.92 Å². The zero-order valence-electron chi connectivity index (χ0n) is 11.4. The van der Waals surface area contributed by atoms with Crippen molar-refractivity contribution in [3.05, 3.63) is 11.4 Å². The molecule has 1 aromatic heterocycles. The summed E-state index contributed by atoms with van der Waals surface area (Å²) in [5.41, 5.74) is 1.13. The van der Waals surface area contributed by atoms with Crippen molar-refractivity contribution in [2.75, 3.05) is 28.7 Å². The summed E-state index contributed by atoms with van der Waals surface area (Å²) in [6, 6.07) is 0.558. The lowest BCUT2D eigenvalue weighted by molar-refractivity contribution is 0.797. The molecule has 1 atom stereocenters. The van der Waals surface area contributed by atoms with E-state index < -0.39 is 0 Å². The first-order valence-electron chi connectivity index (χ1n) is 6.70. The van der Waals surface area contributed by atoms with Crippen molar-refractivity contribution in [3.8, 4) is 0 Å². The van der Waals surface area contributed by atoms with Gasteiger partial charge in [0.05, 0.1) is 0 Å². The fourth-order valence-corrected chi connectivity index (χ4v) is 3.20. The lowest BCUT2D eigenvalue weighted by Gasteiger charge is -2.17. The van der Waals surface area contributed by atoms with Crippen LogP contribution < -0.4 is 10.6 Å². The van der Waals surface area contributed by atoms with Crippen LogP contribution >= 0.6 is 11.8 Å². The van der Waals surface area contributed by atoms with E-state index in [9.17, 15) is 0 Å². The highest BCUT2D eigenvalue weighted by atomic mass is 32.2. The zero-order valence-corrected chi connectivity index (χ0v) is 12.2. The normalized spacial score (nSPS) is 18.9. The van der Waals surface area contributed by atoms with Gasteiger partial charge in [-0.25, -0.2) is 9.97 Å². The Bertz CT molecular complexity index is 402. The van der Waals surface area contributed by atoms with Gasteiger partial charge in [-0.05, 0) is 26.0 Å². The van der Waals surface area contributed by atoms with Gasteiger partial charge in [0.1, 0.15) is 17.5 Å². The summed E-state index contributed by atoms with van der Waals surface area (Å²) in [6.45, 7) is 7.16. The molecule has 100 valence electrons. The summed E-state index contributed by atoms with van der Waals surface area (Å²) in [6.07, 6.45) is 2.10. The Hall–Kier alpha value is -0.970. The van der Waals surface area contributed by atoms with Crippen LogP contribution in [0.4, 0.5) is 11.6 Å². The lowest BCUT2D eigenvalue weighted by Crippen LogP contribution is -2.21. The van der Waals surface area contributed by atoms with Crippen molar-refractivity contribution >= 4 is 23.4 Å². The molecule has 2 heterocycles. The van der Waals surface area contributed by atoms with Gasteiger partial charge >= 0.3 is 0 Å². The number of hydrogen-bond donors (Lipinski definition) is 2. The highest BCUT2D eigenvalue weighted by Crippen LogP contribution is 2.25. The first-order valence-corrected chi connectivity index (χ1v) is 7.85. The number of aryl methyl sites for hydroxylation is 1. The van der Waals surface area contributed by atoms with Gasteiger partial charge < -0.3 is 10.6 Å². The molecule has 0 aliphatic carbocycles. The second-order valence-corrected chi connectivity index (χ2v) is 5.70. The maximum atomic E-state index is 4.63. The quantitative estimate of drug-likeness (QED) is 0.858. The van der Waals surface area contributed by atoms with E-state index >= 15 is 0 Å². The van der Waals surface area contributed by atoms with E-state index in [1.807, 2.05) is 11.8 Å². The van der Waals surface area contributed by atoms with E-state index in [2.05, 4.69) is 41.4 Å². The molecule has 4 nitrogen and oxygen atoms in total. The molecule has 0 radical (unpaired) electrons. The van der Waals surface area contributed by atoms with Gasteiger partial charge in [0.15, 0.2) is 0 Å². The summed E-state index contributed by atoms with van der Waals surface area (Å²) in [5.74, 6) is 5.32. The number of nitrogens with one attached hydrogen (secondary N) is 2. The first-order chi connectivity index (χ1) is 8.74. The van der Waals surface area contributed by atoms with Crippen LogP contribution in [-0.2, 0) is 6.42 Å². The second kappa shape index (κ2) is 6.27. The van der Waals surface area contributed by atoms with E-state index in [1.165, 1.54) is 17.9 Å². The predicted octanol–water partition coefficient (Wildman–Crippen LogP) is 2.70. The van der Waals surface area contributed by atoms with Crippen LogP contribution in [0.25, 0.3) is 0 Å². The van der Waals surface area contributed by atoms with Crippen LogP contribution in [0.15, 0.2) is 0 Å². The molecule has 2 N–H and O–H groups in total. The minimum atomic E-state index is 0.558. The molecule has 0 spiro atoms. The van der Waals surface area contributed by atoms with Crippen LogP contribution in [0.5, 0.6) is 0 Å². The zero-order chi connectivity index (χ0) is 13.0. The van der Waals surface area contributed by atoms with Crippen molar-refractivity contribution in [1.29, 1.82) is 0 Å². The molecular weight excluding hydrogens is 244 g/mol. The molecule has 1 aliphatic rings. The smallest absolute Gasteiger partial charge is 0.135 e. The fraction of sp³-hybridized carbons (Fsp3) is 0.692. The molecule has 0 amide bonds. The van der Waals surface area contributed by atoms with Crippen molar-refractivity contribution in [2.45, 2.75) is 39.7 Å². The molecule has 1 aromatic rings. The maximum Gasteiger partial charge on any atom is 0.135 e. The predicted molar refractivity (Wildman–Crippen MR) is 79.7 cm³/mol. The second-order valence-electron chi connectivity index (χ2n) is 4.55. The van der Waals surface area contributed by atoms with Crippen molar-refractivity contribution in [3.63, 3.8) is 0 Å². The highest BCUT2D eigenvalue weighted by Gasteiger charge is 2.18. The monoisotopic (exact) mass is 266 g/mol. The molecular formula is C13H22N4S. The van der Waals surface area contributed by atoms with Crippen molar-refractivity contribution in [1.82, 2.24) is 9.97 Å². The minimum Gasteiger partial charge on any atom is -0.370 e. The topological polar surface area (TPSA) is 49.8 Å². The molecule has 0 aromatic carbocycles. The Morgan fingerprint density at radius 2 is 2.06 bits per heavy atom. The van der Waals surface area contributed by atoms with Crippen molar-refractivity contribution < 1.29 is 0 Å². The molecule has 1 fully saturated rings. The molecule has 0 bridgehead atoms. The average Bonchev–Trinajstić information content (AvgIpc) is 2.87. The molecule has 1 unspecified atom stereocenters. The van der Waals surface area contributed by atoms with Gasteiger partial charge in [0.25, 0.3) is 0 Å². The van der Waals surface area contributed by atoms with Crippen LogP contribution in [0.3, 0.4) is 0 Å². The standard InChI is InChI=1S/C13H22N4S/c1-4-11-16-12(14-5-2)9(3)13(17-11)15-10-6-7-18-8-10/h10H,4-8H2,1-3H3,(H2,14,15,16,17). The molecule has 1 saturated heterocycles. The number of anilines is 2. The largest absolute Gasteiger partial charge is 0.370 e. The molecule has 18 heavy (non-hydrogen) atoms. The number of nitrogens with zero attached hydrogens (tertiary/aromatic N) is 2. The third-order valence-electron chi connectivity index (χ3n) is 3.12. The van der Waals surface area contributed by atoms with E-state index in [-0.39, 0.29) is 0 Å². The number of thioether (sulfide) groups is 1. The summed E-state index contributed by atoms with van der Waals surface area (Å²) >= 11 is 2.01. The Kier molecular flexibility index (Phi) is 4.69. The first kappa shape index (κ1) is 13.5. The average molecular weight is 266 g/mol. The minimum absolute atomic E-state index is 0.558. The summed E-state index contributed by atoms with van der Waals surface area (Å²) < 4.78 is 0. The Morgan fingerprint density at radius 1 is 1.28 bits per heavy atom. The summed E-state index contributed by atoms with van der Waals surface area (Å²) in [4.78, 5) is 9.17.